The quantitative estimate of drug-likeness (QED) is 0.851. The maximum absolute atomic E-state index is 11.7. The second-order valence-electron chi connectivity index (χ2n) is 5.66. The van der Waals surface area contributed by atoms with Crippen LogP contribution in [0.2, 0.25) is 0 Å². The van der Waals surface area contributed by atoms with E-state index in [9.17, 15) is 4.79 Å². The fraction of sp³-hybridized carbons (Fsp3) is 0.312. The second-order valence-corrected chi connectivity index (χ2v) is 6.66. The highest BCUT2D eigenvalue weighted by atomic mass is 32.1. The Kier molecular flexibility index (Phi) is 2.80. The van der Waals surface area contributed by atoms with Crippen LogP contribution < -0.4 is 16.0 Å². The molecule has 0 aliphatic carbocycles. The van der Waals surface area contributed by atoms with Crippen LogP contribution in [0.1, 0.15) is 35.0 Å². The Bertz CT molecular complexity index is 724. The van der Waals surface area contributed by atoms with E-state index in [4.69, 9.17) is 5.73 Å². The lowest BCUT2D eigenvalue weighted by atomic mass is 10.00. The molecule has 2 unspecified atom stereocenters. The molecule has 0 radical (unpaired) electrons. The molecular weight excluding hydrogens is 282 g/mol. The molecule has 2 aliphatic heterocycles. The number of benzene rings is 1. The Balaban J connectivity index is 1.70. The number of amides is 1. The SMILES string of the molecule is CC1c2ccsc2CCN1c1ccc2c(c1)NC(=O)C2N. The molecule has 1 amide bonds. The van der Waals surface area contributed by atoms with E-state index in [1.807, 2.05) is 23.5 Å². The van der Waals surface area contributed by atoms with Crippen LogP contribution in [0.5, 0.6) is 0 Å². The van der Waals surface area contributed by atoms with Crippen LogP contribution in [0.15, 0.2) is 29.6 Å². The van der Waals surface area contributed by atoms with Gasteiger partial charge < -0.3 is 16.0 Å². The van der Waals surface area contributed by atoms with Crippen LogP contribution in [0.4, 0.5) is 11.4 Å². The van der Waals surface area contributed by atoms with Crippen molar-refractivity contribution in [1.82, 2.24) is 0 Å². The van der Waals surface area contributed by atoms with Crippen molar-refractivity contribution in [3.63, 3.8) is 0 Å². The fourth-order valence-corrected chi connectivity index (χ4v) is 4.28. The van der Waals surface area contributed by atoms with Gasteiger partial charge in [0.25, 0.3) is 0 Å². The number of anilines is 2. The van der Waals surface area contributed by atoms with Gasteiger partial charge in [-0.3, -0.25) is 4.79 Å². The summed E-state index contributed by atoms with van der Waals surface area (Å²) < 4.78 is 0. The zero-order chi connectivity index (χ0) is 14.6. The van der Waals surface area contributed by atoms with Crippen LogP contribution in [-0.4, -0.2) is 12.5 Å². The standard InChI is InChI=1S/C16H17N3OS/c1-9-11-5-7-21-14(11)4-6-19(9)10-2-3-12-13(8-10)18-16(20)15(12)17/h2-3,5,7-9,15H,4,6,17H2,1H3,(H,18,20). The lowest BCUT2D eigenvalue weighted by Crippen LogP contribution is -2.33. The molecule has 21 heavy (non-hydrogen) atoms. The molecule has 4 nitrogen and oxygen atoms in total. The predicted molar refractivity (Wildman–Crippen MR) is 85.8 cm³/mol. The van der Waals surface area contributed by atoms with Crippen molar-refractivity contribution in [2.24, 2.45) is 5.73 Å². The minimum Gasteiger partial charge on any atom is -0.364 e. The molecule has 2 aliphatic rings. The average molecular weight is 299 g/mol. The largest absolute Gasteiger partial charge is 0.364 e. The van der Waals surface area contributed by atoms with E-state index < -0.39 is 6.04 Å². The number of nitrogens with two attached hydrogens (primary N) is 1. The predicted octanol–water partition coefficient (Wildman–Crippen LogP) is 2.82. The molecule has 108 valence electrons. The highest BCUT2D eigenvalue weighted by Crippen LogP contribution is 2.39. The van der Waals surface area contributed by atoms with E-state index in [1.165, 1.54) is 10.4 Å². The van der Waals surface area contributed by atoms with Crippen molar-refractivity contribution in [1.29, 1.82) is 0 Å². The van der Waals surface area contributed by atoms with Crippen LogP contribution >= 0.6 is 11.3 Å². The van der Waals surface area contributed by atoms with Gasteiger partial charge in [0, 0.05) is 28.4 Å². The molecule has 2 aromatic rings. The zero-order valence-corrected chi connectivity index (χ0v) is 12.6. The van der Waals surface area contributed by atoms with Crippen molar-refractivity contribution < 1.29 is 4.79 Å². The topological polar surface area (TPSA) is 58.4 Å². The summed E-state index contributed by atoms with van der Waals surface area (Å²) in [5, 5.41) is 5.04. The summed E-state index contributed by atoms with van der Waals surface area (Å²) in [5.41, 5.74) is 10.2. The molecule has 1 aromatic carbocycles. The summed E-state index contributed by atoms with van der Waals surface area (Å²) in [5.74, 6) is -0.117. The molecule has 4 rings (SSSR count). The number of hydrogen-bond donors (Lipinski definition) is 2. The maximum atomic E-state index is 11.7. The van der Waals surface area contributed by atoms with E-state index in [1.54, 1.807) is 0 Å². The van der Waals surface area contributed by atoms with Crippen LogP contribution in [0.25, 0.3) is 0 Å². The fourth-order valence-electron chi connectivity index (χ4n) is 3.32. The molecule has 0 saturated carbocycles. The number of nitrogens with one attached hydrogen (secondary N) is 1. The smallest absolute Gasteiger partial charge is 0.245 e. The van der Waals surface area contributed by atoms with Gasteiger partial charge >= 0.3 is 0 Å². The third kappa shape index (κ3) is 1.88. The summed E-state index contributed by atoms with van der Waals surface area (Å²) in [6.07, 6.45) is 1.08. The number of rotatable bonds is 1. The first-order chi connectivity index (χ1) is 10.1. The van der Waals surface area contributed by atoms with E-state index in [-0.39, 0.29) is 5.91 Å². The lowest BCUT2D eigenvalue weighted by Gasteiger charge is -2.35. The second kappa shape index (κ2) is 4.58. The van der Waals surface area contributed by atoms with Gasteiger partial charge in [-0.1, -0.05) is 6.07 Å². The molecule has 0 saturated heterocycles. The molecular formula is C16H17N3OS. The van der Waals surface area contributed by atoms with Crippen molar-refractivity contribution >= 4 is 28.6 Å². The Morgan fingerprint density at radius 3 is 3.05 bits per heavy atom. The number of thiophene rings is 1. The molecule has 3 N–H and O–H groups in total. The molecule has 0 spiro atoms. The highest BCUT2D eigenvalue weighted by Gasteiger charge is 2.29. The van der Waals surface area contributed by atoms with Crippen LogP contribution in [0, 0.1) is 0 Å². The number of carbonyl (C=O) groups excluding carboxylic acids is 1. The number of nitrogens with zero attached hydrogens (tertiary/aromatic N) is 1. The number of carbonyl (C=O) groups is 1. The maximum Gasteiger partial charge on any atom is 0.245 e. The summed E-state index contributed by atoms with van der Waals surface area (Å²) >= 11 is 1.85. The molecule has 2 atom stereocenters. The van der Waals surface area contributed by atoms with Crippen molar-refractivity contribution in [2.75, 3.05) is 16.8 Å². The Hall–Kier alpha value is -1.85. The van der Waals surface area contributed by atoms with Gasteiger partial charge in [0.1, 0.15) is 6.04 Å². The van der Waals surface area contributed by atoms with Crippen molar-refractivity contribution in [2.45, 2.75) is 25.4 Å². The minimum atomic E-state index is -0.531. The summed E-state index contributed by atoms with van der Waals surface area (Å²) in [6, 6.07) is 8.16. The third-order valence-electron chi connectivity index (χ3n) is 4.52. The molecule has 3 heterocycles. The first-order valence-electron chi connectivity index (χ1n) is 7.18. The van der Waals surface area contributed by atoms with Gasteiger partial charge in [0.05, 0.1) is 6.04 Å². The molecule has 5 heteroatoms. The van der Waals surface area contributed by atoms with Gasteiger partial charge in [-0.05, 0) is 42.5 Å². The number of hydrogen-bond acceptors (Lipinski definition) is 4. The van der Waals surface area contributed by atoms with Gasteiger partial charge in [0.2, 0.25) is 5.91 Å². The van der Waals surface area contributed by atoms with E-state index in [0.717, 1.165) is 29.9 Å². The highest BCUT2D eigenvalue weighted by molar-refractivity contribution is 7.10. The van der Waals surface area contributed by atoms with Crippen LogP contribution in [-0.2, 0) is 11.2 Å². The monoisotopic (exact) mass is 299 g/mol. The molecule has 1 aromatic heterocycles. The van der Waals surface area contributed by atoms with Crippen molar-refractivity contribution in [3.8, 4) is 0 Å². The third-order valence-corrected chi connectivity index (χ3v) is 5.52. The summed E-state index contributed by atoms with van der Waals surface area (Å²) in [6.45, 7) is 3.25. The van der Waals surface area contributed by atoms with Gasteiger partial charge in [0.15, 0.2) is 0 Å². The average Bonchev–Trinajstić information content (AvgIpc) is 3.05. The zero-order valence-electron chi connectivity index (χ0n) is 11.8. The Labute approximate surface area is 127 Å². The first-order valence-corrected chi connectivity index (χ1v) is 8.06. The van der Waals surface area contributed by atoms with Crippen molar-refractivity contribution in [3.05, 3.63) is 45.6 Å². The summed E-state index contributed by atoms with van der Waals surface area (Å²) in [4.78, 5) is 15.6. The molecule has 0 bridgehead atoms. The van der Waals surface area contributed by atoms with Crippen LogP contribution in [0.3, 0.4) is 0 Å². The Morgan fingerprint density at radius 1 is 1.33 bits per heavy atom. The van der Waals surface area contributed by atoms with E-state index in [2.05, 4.69) is 34.7 Å². The lowest BCUT2D eigenvalue weighted by molar-refractivity contribution is -0.116. The number of fused-ring (bicyclic) bond motifs is 2. The molecule has 0 fully saturated rings. The van der Waals surface area contributed by atoms with Gasteiger partial charge in [-0.25, -0.2) is 0 Å². The Morgan fingerprint density at radius 2 is 2.19 bits per heavy atom. The minimum absolute atomic E-state index is 0.117. The normalized spacial score (nSPS) is 23.7. The van der Waals surface area contributed by atoms with E-state index >= 15 is 0 Å². The first kappa shape index (κ1) is 12.9. The van der Waals surface area contributed by atoms with E-state index in [0.29, 0.717) is 6.04 Å². The van der Waals surface area contributed by atoms with Gasteiger partial charge in [-0.15, -0.1) is 11.3 Å². The summed E-state index contributed by atoms with van der Waals surface area (Å²) in [7, 11) is 0. The van der Waals surface area contributed by atoms with Gasteiger partial charge in [-0.2, -0.15) is 0 Å².